The summed E-state index contributed by atoms with van der Waals surface area (Å²) in [5.41, 5.74) is -0.0959. The quantitative estimate of drug-likeness (QED) is 0.629. The Labute approximate surface area is 119 Å². The Morgan fingerprint density at radius 1 is 1.10 bits per heavy atom. The summed E-state index contributed by atoms with van der Waals surface area (Å²) in [6, 6.07) is 6.26. The fourth-order valence-electron chi connectivity index (χ4n) is 1.60. The largest absolute Gasteiger partial charge is 0.481 e. The average Bonchev–Trinajstić information content (AvgIpc) is 2.46. The normalized spacial score (nSPS) is 11.0. The molecule has 7 heteroatoms. The van der Waals surface area contributed by atoms with E-state index in [1.54, 1.807) is 18.2 Å². The van der Waals surface area contributed by atoms with Gasteiger partial charge in [-0.05, 0) is 18.6 Å². The number of carboxylic acid groups (broad SMARTS) is 2. The van der Waals surface area contributed by atoms with Crippen LogP contribution in [0, 0.1) is 0 Å². The van der Waals surface area contributed by atoms with Gasteiger partial charge in [-0.25, -0.2) is 9.59 Å². The number of amides is 1. The fraction of sp³-hybridized carbons (Fsp3) is 0.214. The van der Waals surface area contributed by atoms with Gasteiger partial charge in [0.2, 0.25) is 0 Å². The second-order valence-corrected chi connectivity index (χ2v) is 4.13. The molecule has 21 heavy (non-hydrogen) atoms. The first-order valence-corrected chi connectivity index (χ1v) is 6.00. The van der Waals surface area contributed by atoms with E-state index < -0.39 is 30.3 Å². The lowest BCUT2D eigenvalue weighted by molar-refractivity contribution is -0.139. The molecule has 0 fully saturated rings. The van der Waals surface area contributed by atoms with E-state index in [1.807, 2.05) is 0 Å². The van der Waals surface area contributed by atoms with Gasteiger partial charge in [0.25, 0.3) is 5.91 Å². The van der Waals surface area contributed by atoms with Gasteiger partial charge in [0.1, 0.15) is 5.94 Å². The Hall–Kier alpha value is -2.92. The number of carbonyl (C=O) groups excluding carboxylic acids is 2. The summed E-state index contributed by atoms with van der Waals surface area (Å²) in [7, 11) is 0. The number of benzene rings is 1. The first-order valence-electron chi connectivity index (χ1n) is 6.00. The number of nitrogens with one attached hydrogen (secondary N) is 1. The van der Waals surface area contributed by atoms with Crippen LogP contribution in [0.3, 0.4) is 0 Å². The lowest BCUT2D eigenvalue weighted by Crippen LogP contribution is -2.42. The molecule has 3 N–H and O–H groups in total. The van der Waals surface area contributed by atoms with Crippen LogP contribution in [-0.2, 0) is 14.4 Å². The van der Waals surface area contributed by atoms with Crippen molar-refractivity contribution in [1.29, 1.82) is 0 Å². The fourth-order valence-corrected chi connectivity index (χ4v) is 1.60. The summed E-state index contributed by atoms with van der Waals surface area (Å²) in [6.07, 6.45) is -0.722. The van der Waals surface area contributed by atoms with E-state index in [2.05, 4.69) is 5.32 Å². The van der Waals surface area contributed by atoms with Crippen LogP contribution in [-0.4, -0.2) is 40.0 Å². The van der Waals surface area contributed by atoms with E-state index in [1.165, 1.54) is 18.1 Å². The van der Waals surface area contributed by atoms with Crippen molar-refractivity contribution >= 4 is 23.8 Å². The van der Waals surface area contributed by atoms with Crippen LogP contribution in [0.5, 0.6) is 0 Å². The molecule has 0 aliphatic rings. The topological polar surface area (TPSA) is 121 Å². The van der Waals surface area contributed by atoms with Crippen molar-refractivity contribution in [3.8, 4) is 0 Å². The summed E-state index contributed by atoms with van der Waals surface area (Å²) in [5, 5.41) is 19.8. The molecule has 0 aromatic heterocycles. The van der Waals surface area contributed by atoms with Crippen LogP contribution < -0.4 is 5.32 Å². The molecule has 1 unspecified atom stereocenters. The van der Waals surface area contributed by atoms with Crippen molar-refractivity contribution < 1.29 is 29.4 Å². The van der Waals surface area contributed by atoms with E-state index >= 15 is 0 Å². The molecule has 110 valence electrons. The molecule has 1 rings (SSSR count). The van der Waals surface area contributed by atoms with Crippen molar-refractivity contribution in [3.63, 3.8) is 0 Å². The molecule has 1 aromatic carbocycles. The van der Waals surface area contributed by atoms with Gasteiger partial charge in [0, 0.05) is 17.6 Å². The van der Waals surface area contributed by atoms with Gasteiger partial charge in [-0.15, -0.1) is 0 Å². The van der Waals surface area contributed by atoms with E-state index in [9.17, 15) is 19.2 Å². The lowest BCUT2D eigenvalue weighted by Gasteiger charge is -2.15. The molecule has 1 amide bonds. The van der Waals surface area contributed by atoms with Crippen molar-refractivity contribution in [2.45, 2.75) is 18.9 Å². The number of carbonyl (C=O) groups is 3. The second-order valence-electron chi connectivity index (χ2n) is 4.13. The highest BCUT2D eigenvalue weighted by molar-refractivity contribution is 5.98. The monoisotopic (exact) mass is 291 g/mol. The summed E-state index contributed by atoms with van der Waals surface area (Å²) in [6.45, 7) is 0. The number of hydrogen-bond donors (Lipinski definition) is 3. The predicted octanol–water partition coefficient (Wildman–Crippen LogP) is 0.492. The number of hydrogen-bond acceptors (Lipinski definition) is 4. The van der Waals surface area contributed by atoms with Crippen LogP contribution in [0.1, 0.15) is 23.2 Å². The second kappa shape index (κ2) is 7.62. The summed E-state index contributed by atoms with van der Waals surface area (Å²) in [5.74, 6) is -1.91. The van der Waals surface area contributed by atoms with Gasteiger partial charge >= 0.3 is 11.9 Å². The highest BCUT2D eigenvalue weighted by Crippen LogP contribution is 2.09. The summed E-state index contributed by atoms with van der Waals surface area (Å²) in [4.78, 5) is 44.3. The molecule has 0 aliphatic heterocycles. The van der Waals surface area contributed by atoms with Crippen molar-refractivity contribution in [2.24, 2.45) is 0 Å². The average molecular weight is 291 g/mol. The zero-order valence-electron chi connectivity index (χ0n) is 10.9. The Morgan fingerprint density at radius 2 is 1.71 bits per heavy atom. The molecule has 0 radical (unpaired) electrons. The molecular weight excluding hydrogens is 278 g/mol. The van der Waals surface area contributed by atoms with Gasteiger partial charge in [0.15, 0.2) is 6.04 Å². The third-order valence-corrected chi connectivity index (χ3v) is 2.65. The highest BCUT2D eigenvalue weighted by atomic mass is 16.4. The molecule has 0 spiro atoms. The molecule has 0 saturated carbocycles. The third-order valence-electron chi connectivity index (χ3n) is 2.65. The standard InChI is InChI=1S/C14H13NO6/c16-8-10(6-7-11(17)18)12(14(20)21)15-13(19)9-4-2-1-3-5-9/h1-5,12H,6-7H2,(H,15,19)(H,17,18)(H,20,21). The Kier molecular flexibility index (Phi) is 5.85. The maximum atomic E-state index is 11.9. The first-order chi connectivity index (χ1) is 9.95. The van der Waals surface area contributed by atoms with Crippen LogP contribution in [0.4, 0.5) is 0 Å². The molecule has 0 bridgehead atoms. The minimum Gasteiger partial charge on any atom is -0.481 e. The molecule has 1 atom stereocenters. The van der Waals surface area contributed by atoms with Crippen LogP contribution >= 0.6 is 0 Å². The Balaban J connectivity index is 2.87. The number of rotatable bonds is 7. The van der Waals surface area contributed by atoms with Crippen molar-refractivity contribution in [3.05, 3.63) is 41.5 Å². The van der Waals surface area contributed by atoms with Crippen LogP contribution in [0.25, 0.3) is 0 Å². The van der Waals surface area contributed by atoms with E-state index in [0.717, 1.165) is 0 Å². The predicted molar refractivity (Wildman–Crippen MR) is 71.4 cm³/mol. The molecule has 0 saturated heterocycles. The maximum Gasteiger partial charge on any atom is 0.331 e. The molecular formula is C14H13NO6. The van der Waals surface area contributed by atoms with Crippen LogP contribution in [0.15, 0.2) is 35.9 Å². The molecule has 0 heterocycles. The minimum atomic E-state index is -1.60. The lowest BCUT2D eigenvalue weighted by atomic mass is 10.0. The zero-order valence-corrected chi connectivity index (χ0v) is 10.9. The van der Waals surface area contributed by atoms with Crippen molar-refractivity contribution in [2.75, 3.05) is 0 Å². The zero-order chi connectivity index (χ0) is 15.8. The van der Waals surface area contributed by atoms with Gasteiger partial charge < -0.3 is 15.5 Å². The van der Waals surface area contributed by atoms with Crippen LogP contribution in [0.2, 0.25) is 0 Å². The SMILES string of the molecule is O=C=C(CCC(=O)O)C(NC(=O)c1ccccc1)C(=O)O. The highest BCUT2D eigenvalue weighted by Gasteiger charge is 2.26. The van der Waals surface area contributed by atoms with Gasteiger partial charge in [-0.3, -0.25) is 9.59 Å². The maximum absolute atomic E-state index is 11.9. The van der Waals surface area contributed by atoms with E-state index in [4.69, 9.17) is 10.2 Å². The Morgan fingerprint density at radius 3 is 2.19 bits per heavy atom. The molecule has 1 aromatic rings. The van der Waals surface area contributed by atoms with Gasteiger partial charge in [0.05, 0.1) is 0 Å². The molecule has 0 aliphatic carbocycles. The van der Waals surface area contributed by atoms with E-state index in [-0.39, 0.29) is 17.6 Å². The number of carboxylic acids is 2. The van der Waals surface area contributed by atoms with Gasteiger partial charge in [-0.1, -0.05) is 18.2 Å². The summed E-state index contributed by atoms with van der Waals surface area (Å²) < 4.78 is 0. The minimum absolute atomic E-state index is 0.229. The number of aliphatic carboxylic acids is 2. The van der Waals surface area contributed by atoms with Gasteiger partial charge in [-0.2, -0.15) is 0 Å². The summed E-state index contributed by atoms with van der Waals surface area (Å²) >= 11 is 0. The van der Waals surface area contributed by atoms with Crippen molar-refractivity contribution in [1.82, 2.24) is 5.32 Å². The Bertz CT molecular complexity index is 589. The molecule has 7 nitrogen and oxygen atoms in total. The third kappa shape index (κ3) is 4.93. The first kappa shape index (κ1) is 16.1. The smallest absolute Gasteiger partial charge is 0.331 e. The van der Waals surface area contributed by atoms with E-state index in [0.29, 0.717) is 0 Å².